The molecule has 1 heteroatoms. The quantitative estimate of drug-likeness (QED) is 0.586. The van der Waals surface area contributed by atoms with Crippen molar-refractivity contribution in [3.63, 3.8) is 0 Å². The Morgan fingerprint density at radius 1 is 1.43 bits per heavy atom. The van der Waals surface area contributed by atoms with Gasteiger partial charge in [-0.25, -0.2) is 0 Å². The Hall–Kier alpha value is -0.350. The first kappa shape index (κ1) is 10.2. The molecule has 0 nitrogen and oxygen atoms in total. The van der Waals surface area contributed by atoms with E-state index < -0.39 is 0 Å². The van der Waals surface area contributed by atoms with Gasteiger partial charge in [-0.1, -0.05) is 50.5 Å². The van der Waals surface area contributed by atoms with Gasteiger partial charge in [0, 0.05) is 5.16 Å². The predicted molar refractivity (Wildman–Crippen MR) is 66.1 cm³/mol. The minimum absolute atomic E-state index is 0.113. The summed E-state index contributed by atoms with van der Waals surface area (Å²) < 4.78 is 0. The van der Waals surface area contributed by atoms with E-state index in [0.717, 1.165) is 0 Å². The van der Waals surface area contributed by atoms with Crippen molar-refractivity contribution in [3.8, 4) is 0 Å². The van der Waals surface area contributed by atoms with Crippen molar-refractivity contribution in [3.05, 3.63) is 35.7 Å². The largest absolute Gasteiger partial charge is 0.0833 e. The van der Waals surface area contributed by atoms with Gasteiger partial charge in [0.25, 0.3) is 0 Å². The van der Waals surface area contributed by atoms with Gasteiger partial charge >= 0.3 is 0 Å². The molecule has 76 valence electrons. The van der Waals surface area contributed by atoms with Crippen LogP contribution in [0.4, 0.5) is 0 Å². The first-order valence-corrected chi connectivity index (χ1v) is 7.15. The maximum atomic E-state index is 2.57. The van der Waals surface area contributed by atoms with Gasteiger partial charge in [0.15, 0.2) is 0 Å². The fraction of sp³-hybridized carbons (Fsp3) is 0.538. The smallest absolute Gasteiger partial charge is 0.0154 e. The van der Waals surface area contributed by atoms with Gasteiger partial charge in [0.1, 0.15) is 0 Å². The summed E-state index contributed by atoms with van der Waals surface area (Å²) >= 11 is 0. The van der Waals surface area contributed by atoms with E-state index in [9.17, 15) is 0 Å². The summed E-state index contributed by atoms with van der Waals surface area (Å²) in [5.74, 6) is 2.57. The Bertz CT molecular complexity index is 298. The lowest BCUT2D eigenvalue weighted by Gasteiger charge is -2.35. The fourth-order valence-electron chi connectivity index (χ4n) is 2.37. The van der Waals surface area contributed by atoms with Gasteiger partial charge in [0.05, 0.1) is 0 Å². The highest BCUT2D eigenvalue weighted by molar-refractivity contribution is 7.63. The Balaban J connectivity index is 2.21. The van der Waals surface area contributed by atoms with Crippen molar-refractivity contribution in [2.24, 2.45) is 0 Å². The summed E-state index contributed by atoms with van der Waals surface area (Å²) in [5.41, 5.74) is 1.62. The Morgan fingerprint density at radius 3 is 2.79 bits per heavy atom. The second-order valence-electron chi connectivity index (χ2n) is 4.37. The maximum absolute atomic E-state index is 2.57. The SMILES string of the molecule is CCC1(P2C=C(C)CC2)C=CC=CC1. The second-order valence-corrected chi connectivity index (χ2v) is 6.90. The first-order chi connectivity index (χ1) is 6.77. The van der Waals surface area contributed by atoms with Crippen LogP contribution in [0.25, 0.3) is 0 Å². The molecule has 1 aliphatic carbocycles. The first-order valence-electron chi connectivity index (χ1n) is 5.55. The van der Waals surface area contributed by atoms with Gasteiger partial charge in [-0.3, -0.25) is 0 Å². The van der Waals surface area contributed by atoms with Crippen LogP contribution in [0.3, 0.4) is 0 Å². The lowest BCUT2D eigenvalue weighted by Crippen LogP contribution is -2.23. The van der Waals surface area contributed by atoms with E-state index in [2.05, 4.69) is 44.0 Å². The number of hydrogen-bond acceptors (Lipinski definition) is 0. The molecule has 0 N–H and O–H groups in total. The van der Waals surface area contributed by atoms with Crippen molar-refractivity contribution in [2.45, 2.75) is 38.3 Å². The minimum Gasteiger partial charge on any atom is -0.0833 e. The number of allylic oxidation sites excluding steroid dienone is 5. The molecular formula is C13H19P. The molecule has 0 saturated heterocycles. The molecule has 0 aromatic heterocycles. The highest BCUT2D eigenvalue weighted by atomic mass is 31.1. The molecule has 0 amide bonds. The molecule has 2 unspecified atom stereocenters. The topological polar surface area (TPSA) is 0 Å². The van der Waals surface area contributed by atoms with Crippen LogP contribution in [-0.2, 0) is 0 Å². The van der Waals surface area contributed by atoms with Gasteiger partial charge in [-0.05, 0) is 32.3 Å². The van der Waals surface area contributed by atoms with E-state index in [1.807, 2.05) is 0 Å². The van der Waals surface area contributed by atoms with Crippen LogP contribution in [0.1, 0.15) is 33.1 Å². The molecule has 0 saturated carbocycles. The van der Waals surface area contributed by atoms with Crippen molar-refractivity contribution < 1.29 is 0 Å². The molecule has 14 heavy (non-hydrogen) atoms. The Kier molecular flexibility index (Phi) is 2.93. The molecule has 1 heterocycles. The number of rotatable bonds is 2. The monoisotopic (exact) mass is 206 g/mol. The third kappa shape index (κ3) is 1.73. The average Bonchev–Trinajstić information content (AvgIpc) is 2.66. The van der Waals surface area contributed by atoms with Crippen LogP contribution in [0.5, 0.6) is 0 Å². The highest BCUT2D eigenvalue weighted by Crippen LogP contribution is 2.60. The zero-order valence-electron chi connectivity index (χ0n) is 9.16. The molecule has 0 fully saturated rings. The molecular weight excluding hydrogens is 187 g/mol. The Morgan fingerprint density at radius 2 is 2.29 bits per heavy atom. The maximum Gasteiger partial charge on any atom is 0.0154 e. The molecule has 0 spiro atoms. The van der Waals surface area contributed by atoms with Crippen molar-refractivity contribution in [1.82, 2.24) is 0 Å². The van der Waals surface area contributed by atoms with E-state index in [4.69, 9.17) is 0 Å². The van der Waals surface area contributed by atoms with Crippen LogP contribution < -0.4 is 0 Å². The molecule has 0 aromatic carbocycles. The molecule has 2 aliphatic rings. The van der Waals surface area contributed by atoms with E-state index in [0.29, 0.717) is 5.16 Å². The van der Waals surface area contributed by atoms with Crippen LogP contribution in [0.2, 0.25) is 0 Å². The molecule has 0 bridgehead atoms. The fourth-order valence-corrected chi connectivity index (χ4v) is 5.48. The van der Waals surface area contributed by atoms with E-state index in [1.165, 1.54) is 25.4 Å². The highest BCUT2D eigenvalue weighted by Gasteiger charge is 2.34. The van der Waals surface area contributed by atoms with Crippen LogP contribution in [0.15, 0.2) is 35.7 Å². The normalized spacial score (nSPS) is 36.1. The predicted octanol–water partition coefficient (Wildman–Crippen LogP) is 4.44. The molecule has 0 radical (unpaired) electrons. The van der Waals surface area contributed by atoms with Crippen molar-refractivity contribution in [1.29, 1.82) is 0 Å². The van der Waals surface area contributed by atoms with Crippen LogP contribution in [0, 0.1) is 0 Å². The lowest BCUT2D eigenvalue weighted by molar-refractivity contribution is 0.676. The number of hydrogen-bond donors (Lipinski definition) is 0. The zero-order chi connectivity index (χ0) is 10.0. The van der Waals surface area contributed by atoms with E-state index in [1.54, 1.807) is 5.57 Å². The Labute approximate surface area is 88.5 Å². The van der Waals surface area contributed by atoms with Gasteiger partial charge in [-0.2, -0.15) is 0 Å². The summed E-state index contributed by atoms with van der Waals surface area (Å²) in [5, 5.41) is 0.502. The van der Waals surface area contributed by atoms with E-state index in [-0.39, 0.29) is 7.92 Å². The van der Waals surface area contributed by atoms with Gasteiger partial charge in [-0.15, -0.1) is 0 Å². The van der Waals surface area contributed by atoms with E-state index >= 15 is 0 Å². The van der Waals surface area contributed by atoms with Gasteiger partial charge in [0.2, 0.25) is 0 Å². The summed E-state index contributed by atoms with van der Waals surface area (Å²) in [6, 6.07) is 0. The summed E-state index contributed by atoms with van der Waals surface area (Å²) in [6.07, 6.45) is 14.6. The molecule has 2 rings (SSSR count). The third-order valence-corrected chi connectivity index (χ3v) is 6.68. The zero-order valence-corrected chi connectivity index (χ0v) is 10.1. The molecule has 1 aliphatic heterocycles. The molecule has 0 aromatic rings. The summed E-state index contributed by atoms with van der Waals surface area (Å²) in [6.45, 7) is 4.63. The summed E-state index contributed by atoms with van der Waals surface area (Å²) in [7, 11) is 0.113. The second kappa shape index (κ2) is 4.03. The lowest BCUT2D eigenvalue weighted by atomic mass is 9.97. The van der Waals surface area contributed by atoms with Crippen molar-refractivity contribution >= 4 is 7.92 Å². The van der Waals surface area contributed by atoms with Crippen molar-refractivity contribution in [2.75, 3.05) is 6.16 Å². The standard InChI is InChI=1S/C13H19P/c1-3-13(8-5-4-6-9-13)14-10-7-12(2)11-14/h4-6,8,11H,3,7,9-10H2,1-2H3. The minimum atomic E-state index is 0.113. The third-order valence-electron chi connectivity index (χ3n) is 3.43. The van der Waals surface area contributed by atoms with Crippen LogP contribution >= 0.6 is 7.92 Å². The van der Waals surface area contributed by atoms with Gasteiger partial charge < -0.3 is 0 Å². The van der Waals surface area contributed by atoms with Crippen LogP contribution in [-0.4, -0.2) is 11.3 Å². The average molecular weight is 206 g/mol. The summed E-state index contributed by atoms with van der Waals surface area (Å²) in [4.78, 5) is 0. The molecule has 2 atom stereocenters.